The summed E-state index contributed by atoms with van der Waals surface area (Å²) in [7, 11) is 0. The van der Waals surface area contributed by atoms with Gasteiger partial charge in [0, 0.05) is 0 Å². The molecule has 0 heterocycles. The van der Waals surface area contributed by atoms with E-state index in [9.17, 15) is 4.39 Å². The van der Waals surface area contributed by atoms with Crippen LogP contribution in [0.25, 0.3) is 0 Å². The van der Waals surface area contributed by atoms with E-state index in [0.29, 0.717) is 0 Å². The van der Waals surface area contributed by atoms with Crippen molar-refractivity contribution in [2.45, 2.75) is 0 Å². The summed E-state index contributed by atoms with van der Waals surface area (Å²) in [4.78, 5) is 9.13. The van der Waals surface area contributed by atoms with E-state index in [0.717, 1.165) is 0 Å². The maximum absolute atomic E-state index is 11.1. The first-order valence-corrected chi connectivity index (χ1v) is 1.26. The fraction of sp³-hybridized carbons (Fsp3) is 0. The van der Waals surface area contributed by atoms with Crippen molar-refractivity contribution >= 4 is 6.29 Å². The summed E-state index contributed by atoms with van der Waals surface area (Å²) >= 11 is 0. The van der Waals surface area contributed by atoms with E-state index < -0.39 is 5.83 Å². The zero-order chi connectivity index (χ0) is 4.99. The Labute approximate surface area is 33.9 Å². The van der Waals surface area contributed by atoms with Crippen LogP contribution < -0.4 is 0 Å². The second-order valence-corrected chi connectivity index (χ2v) is 0.632. The van der Waals surface area contributed by atoms with Crippen LogP contribution in [0, 0.1) is 0 Å². The first kappa shape index (κ1) is 5.14. The highest BCUT2D eigenvalue weighted by Crippen LogP contribution is 1.83. The van der Waals surface area contributed by atoms with Crippen LogP contribution in [0.2, 0.25) is 0 Å². The van der Waals surface area contributed by atoms with Gasteiger partial charge in [0.25, 0.3) is 0 Å². The topological polar surface area (TPSA) is 37.3 Å². The Morgan fingerprint density at radius 2 is 2.33 bits per heavy atom. The average molecular weight is 90.1 g/mol. The minimum absolute atomic E-state index is 0.0833. The van der Waals surface area contributed by atoms with E-state index in [1.807, 2.05) is 0 Å². The first-order chi connectivity index (χ1) is 2.81. The number of hydrogen-bond acceptors (Lipinski definition) is 2. The Hall–Kier alpha value is -0.860. The molecule has 0 amide bonds. The Morgan fingerprint density at radius 3 is 2.33 bits per heavy atom. The van der Waals surface area contributed by atoms with Crippen molar-refractivity contribution < 1.29 is 14.3 Å². The van der Waals surface area contributed by atoms with Gasteiger partial charge < -0.3 is 5.11 Å². The molecule has 1 N–H and O–H groups in total. The van der Waals surface area contributed by atoms with Crippen LogP contribution >= 0.6 is 0 Å². The van der Waals surface area contributed by atoms with Crippen LogP contribution in [-0.2, 0) is 4.79 Å². The van der Waals surface area contributed by atoms with Gasteiger partial charge in [-0.1, -0.05) is 0 Å². The summed E-state index contributed by atoms with van der Waals surface area (Å²) in [5.74, 6) is -1.16. The smallest absolute Gasteiger partial charge is 0.196 e. The van der Waals surface area contributed by atoms with Crippen LogP contribution in [0.4, 0.5) is 4.39 Å². The van der Waals surface area contributed by atoms with Gasteiger partial charge in [-0.3, -0.25) is 4.79 Å². The lowest BCUT2D eigenvalue weighted by Crippen LogP contribution is -1.69. The lowest BCUT2D eigenvalue weighted by atomic mass is 10.7. The molecule has 0 unspecified atom stereocenters. The predicted octanol–water partition coefficient (Wildman–Crippen LogP) is 0.554. The van der Waals surface area contributed by atoms with Crippen molar-refractivity contribution in [3.8, 4) is 0 Å². The molecule has 0 aliphatic carbocycles. The molecular weight excluding hydrogens is 87.0 g/mol. The second-order valence-electron chi connectivity index (χ2n) is 0.632. The van der Waals surface area contributed by atoms with Crippen molar-refractivity contribution in [1.29, 1.82) is 0 Å². The van der Waals surface area contributed by atoms with Crippen molar-refractivity contribution in [3.63, 3.8) is 0 Å². The monoisotopic (exact) mass is 90.0 g/mol. The molecule has 0 aromatic carbocycles. The molecule has 0 atom stereocenters. The Morgan fingerprint density at radius 1 is 1.83 bits per heavy atom. The molecule has 0 aliphatic heterocycles. The molecule has 0 rings (SSSR count). The van der Waals surface area contributed by atoms with Gasteiger partial charge in [0.1, 0.15) is 6.26 Å². The number of halogens is 1. The second kappa shape index (κ2) is 2.38. The number of hydrogen-bond donors (Lipinski definition) is 1. The molecule has 0 aliphatic rings. The molecule has 0 saturated carbocycles. The van der Waals surface area contributed by atoms with Gasteiger partial charge in [-0.05, 0) is 0 Å². The van der Waals surface area contributed by atoms with Crippen molar-refractivity contribution in [2.75, 3.05) is 0 Å². The molecular formula is C3H3FO2. The third-order valence-corrected chi connectivity index (χ3v) is 0.236. The van der Waals surface area contributed by atoms with Gasteiger partial charge in [-0.15, -0.1) is 0 Å². The van der Waals surface area contributed by atoms with Gasteiger partial charge in [-0.2, -0.15) is 4.39 Å². The van der Waals surface area contributed by atoms with Gasteiger partial charge >= 0.3 is 0 Å². The number of rotatable bonds is 1. The first-order valence-electron chi connectivity index (χ1n) is 1.26. The summed E-state index contributed by atoms with van der Waals surface area (Å²) in [6.45, 7) is 0. The summed E-state index contributed by atoms with van der Waals surface area (Å²) in [5.41, 5.74) is 0. The molecule has 2 nitrogen and oxygen atoms in total. The third-order valence-electron chi connectivity index (χ3n) is 0.236. The van der Waals surface area contributed by atoms with Crippen LogP contribution in [0.5, 0.6) is 0 Å². The fourth-order valence-electron chi connectivity index (χ4n) is 0.0304. The molecule has 0 bridgehead atoms. The number of carbonyl (C=O) groups is 1. The van der Waals surface area contributed by atoms with Gasteiger partial charge in [-0.25, -0.2) is 0 Å². The molecule has 3 heteroatoms. The van der Waals surface area contributed by atoms with Crippen LogP contribution in [-0.4, -0.2) is 11.4 Å². The SMILES string of the molecule is O=C/C(F)=C/O. The number of aliphatic hydroxyl groups is 1. The summed E-state index contributed by atoms with van der Waals surface area (Å²) in [5, 5.41) is 7.57. The highest BCUT2D eigenvalue weighted by atomic mass is 19.1. The number of allylic oxidation sites excluding steroid dienone is 1. The normalized spacial score (nSPS) is 11.2. The van der Waals surface area contributed by atoms with Crippen LogP contribution in [0.15, 0.2) is 12.1 Å². The molecule has 0 aromatic rings. The van der Waals surface area contributed by atoms with E-state index in [-0.39, 0.29) is 12.5 Å². The molecule has 0 aromatic heterocycles. The standard InChI is InChI=1S/C3H3FO2/c4-3(1-5)2-6/h1-2,5H/b3-1-. The minimum atomic E-state index is -1.16. The predicted molar refractivity (Wildman–Crippen MR) is 17.9 cm³/mol. The third kappa shape index (κ3) is 1.46. The lowest BCUT2D eigenvalue weighted by Gasteiger charge is -1.68. The van der Waals surface area contributed by atoms with Crippen molar-refractivity contribution in [3.05, 3.63) is 12.1 Å². The maximum atomic E-state index is 11.1. The van der Waals surface area contributed by atoms with Crippen LogP contribution in [0.3, 0.4) is 0 Å². The van der Waals surface area contributed by atoms with Crippen LogP contribution in [0.1, 0.15) is 0 Å². The zero-order valence-corrected chi connectivity index (χ0v) is 2.89. The largest absolute Gasteiger partial charge is 0.512 e. The molecule has 0 spiro atoms. The molecule has 0 saturated heterocycles. The van der Waals surface area contributed by atoms with Crippen molar-refractivity contribution in [1.82, 2.24) is 0 Å². The minimum Gasteiger partial charge on any atom is -0.512 e. The number of aliphatic hydroxyl groups excluding tert-OH is 1. The highest BCUT2D eigenvalue weighted by molar-refractivity contribution is 5.68. The molecule has 6 heavy (non-hydrogen) atoms. The van der Waals surface area contributed by atoms with Crippen molar-refractivity contribution in [2.24, 2.45) is 0 Å². The quantitative estimate of drug-likeness (QED) is 0.290. The van der Waals surface area contributed by atoms with E-state index in [4.69, 9.17) is 9.90 Å². The summed E-state index contributed by atoms with van der Waals surface area (Å²) in [6, 6.07) is 0. The maximum Gasteiger partial charge on any atom is 0.196 e. The molecule has 0 radical (unpaired) electrons. The van der Waals surface area contributed by atoms with Gasteiger partial charge in [0.05, 0.1) is 0 Å². The van der Waals surface area contributed by atoms with E-state index >= 15 is 0 Å². The van der Waals surface area contributed by atoms with E-state index in [1.54, 1.807) is 0 Å². The number of carbonyl (C=O) groups excluding carboxylic acids is 1. The van der Waals surface area contributed by atoms with Gasteiger partial charge in [0.2, 0.25) is 0 Å². The Balaban J connectivity index is 3.50. The van der Waals surface area contributed by atoms with E-state index in [1.165, 1.54) is 0 Å². The summed E-state index contributed by atoms with van der Waals surface area (Å²) < 4.78 is 11.1. The fourth-order valence-corrected chi connectivity index (χ4v) is 0.0304. The zero-order valence-electron chi connectivity index (χ0n) is 2.89. The average Bonchev–Trinajstić information content (AvgIpc) is 1.65. The highest BCUT2D eigenvalue weighted by Gasteiger charge is 1.81. The summed E-state index contributed by atoms with van der Waals surface area (Å²) in [6.07, 6.45) is 0.0208. The Bertz CT molecular complexity index is 76.9. The lowest BCUT2D eigenvalue weighted by molar-refractivity contribution is -0.106. The van der Waals surface area contributed by atoms with Gasteiger partial charge in [0.15, 0.2) is 12.1 Å². The van der Waals surface area contributed by atoms with E-state index in [2.05, 4.69) is 0 Å². The number of aldehydes is 1. The molecule has 34 valence electrons. The molecule has 0 fully saturated rings. The Kier molecular flexibility index (Phi) is 2.04.